The van der Waals surface area contributed by atoms with Gasteiger partial charge in [-0.25, -0.2) is 9.37 Å². The van der Waals surface area contributed by atoms with Crippen LogP contribution in [-0.2, 0) is 34.6 Å². The van der Waals surface area contributed by atoms with Crippen LogP contribution >= 0.6 is 15.9 Å². The first-order valence-electron chi connectivity index (χ1n) is 12.4. The van der Waals surface area contributed by atoms with Gasteiger partial charge in [0.15, 0.2) is 5.78 Å². The Morgan fingerprint density at radius 3 is 2.73 bits per heavy atom. The Labute approximate surface area is 219 Å². The minimum absolute atomic E-state index is 0.0936. The summed E-state index contributed by atoms with van der Waals surface area (Å²) < 4.78 is 16.8. The summed E-state index contributed by atoms with van der Waals surface area (Å²) in [6.45, 7) is 3.29. The number of benzene rings is 1. The molecule has 0 saturated heterocycles. The van der Waals surface area contributed by atoms with Crippen LogP contribution in [0.1, 0.15) is 67.0 Å². The van der Waals surface area contributed by atoms with Crippen LogP contribution < -0.4 is 10.9 Å². The summed E-state index contributed by atoms with van der Waals surface area (Å²) in [5, 5.41) is 24.7. The van der Waals surface area contributed by atoms with Gasteiger partial charge in [-0.2, -0.15) is 0 Å². The van der Waals surface area contributed by atoms with E-state index in [2.05, 4.69) is 21.2 Å². The number of pyridine rings is 2. The molecule has 3 heterocycles. The molecular weight excluding hydrogens is 545 g/mol. The second kappa shape index (κ2) is 8.28. The van der Waals surface area contributed by atoms with Gasteiger partial charge in [0.1, 0.15) is 17.5 Å². The van der Waals surface area contributed by atoms with Gasteiger partial charge >= 0.3 is 0 Å². The first-order chi connectivity index (χ1) is 17.6. The van der Waals surface area contributed by atoms with Crippen molar-refractivity contribution in [3.63, 3.8) is 0 Å². The second-order valence-electron chi connectivity index (χ2n) is 10.1. The summed E-state index contributed by atoms with van der Waals surface area (Å²) in [5.41, 5.74) is 2.24. The van der Waals surface area contributed by atoms with Crippen molar-refractivity contribution in [2.45, 2.75) is 70.2 Å². The van der Waals surface area contributed by atoms with Crippen LogP contribution in [0.15, 0.2) is 21.4 Å². The van der Waals surface area contributed by atoms with Crippen LogP contribution in [0, 0.1) is 5.82 Å². The molecule has 0 fully saturated rings. The Morgan fingerprint density at radius 1 is 1.27 bits per heavy atom. The number of carbonyl (C=O) groups excluding carboxylic acids is 2. The molecule has 2 aliphatic carbocycles. The third-order valence-electron chi connectivity index (χ3n) is 8.12. The molecule has 192 valence electrons. The maximum atomic E-state index is 14.9. The van der Waals surface area contributed by atoms with Crippen molar-refractivity contribution < 1.29 is 24.2 Å². The highest BCUT2D eigenvalue weighted by molar-refractivity contribution is 9.10. The van der Waals surface area contributed by atoms with E-state index in [0.717, 1.165) is 22.1 Å². The summed E-state index contributed by atoms with van der Waals surface area (Å²) in [6.07, 6.45) is 0.244. The maximum absolute atomic E-state index is 14.9. The monoisotopic (exact) mass is 569 g/mol. The quantitative estimate of drug-likeness (QED) is 0.349. The van der Waals surface area contributed by atoms with Gasteiger partial charge in [-0.3, -0.25) is 14.4 Å². The van der Waals surface area contributed by atoms with Gasteiger partial charge in [-0.1, -0.05) is 6.92 Å². The molecule has 1 aromatic carbocycles. The standard InChI is InChI=1S/C27H25BrFN3O5/c1-3-27(37)15-8-19-24-14(10-32(19)26(36)12(15)5-7-20(27)34)22-17(31-25(35)11(2)33)6-4-13-21(22)18(30-24)9-16(29)23(13)28/h8-9,11,17,33,37H,3-7,10H2,1-2H3,(H,31,35)/t11-,17+,27+/m1/s1. The highest BCUT2D eigenvalue weighted by Crippen LogP contribution is 2.46. The van der Waals surface area contributed by atoms with Crippen molar-refractivity contribution in [3.05, 3.63) is 60.6 Å². The van der Waals surface area contributed by atoms with E-state index in [4.69, 9.17) is 4.98 Å². The zero-order chi connectivity index (χ0) is 26.4. The van der Waals surface area contributed by atoms with E-state index in [1.165, 1.54) is 13.0 Å². The zero-order valence-electron chi connectivity index (χ0n) is 20.3. The van der Waals surface area contributed by atoms with E-state index in [1.54, 1.807) is 17.6 Å². The molecule has 0 spiro atoms. The van der Waals surface area contributed by atoms with Crippen molar-refractivity contribution in [2.24, 2.45) is 0 Å². The summed E-state index contributed by atoms with van der Waals surface area (Å²) in [7, 11) is 0. The minimum Gasteiger partial charge on any atom is -0.384 e. The van der Waals surface area contributed by atoms with Crippen molar-refractivity contribution in [1.82, 2.24) is 14.9 Å². The number of fused-ring (bicyclic) bond motifs is 5. The van der Waals surface area contributed by atoms with Crippen LogP contribution in [-0.4, -0.2) is 37.6 Å². The van der Waals surface area contributed by atoms with Crippen LogP contribution in [0.25, 0.3) is 22.3 Å². The van der Waals surface area contributed by atoms with Gasteiger partial charge in [0.2, 0.25) is 5.91 Å². The minimum atomic E-state index is -1.74. The Balaban J connectivity index is 1.65. The lowest BCUT2D eigenvalue weighted by atomic mass is 9.77. The highest BCUT2D eigenvalue weighted by atomic mass is 79.9. The normalized spacial score (nSPS) is 22.4. The number of aryl methyl sites for hydroxylation is 1. The van der Waals surface area contributed by atoms with Crippen molar-refractivity contribution in [2.75, 3.05) is 0 Å². The first-order valence-corrected chi connectivity index (χ1v) is 13.2. The molecule has 0 unspecified atom stereocenters. The van der Waals surface area contributed by atoms with Gasteiger partial charge in [0.25, 0.3) is 5.56 Å². The Kier molecular flexibility index (Phi) is 5.46. The van der Waals surface area contributed by atoms with E-state index in [0.29, 0.717) is 45.3 Å². The number of carbonyl (C=O) groups is 2. The Bertz CT molecular complexity index is 1610. The third-order valence-corrected chi connectivity index (χ3v) is 8.97. The molecule has 10 heteroatoms. The number of aliphatic hydroxyl groups is 2. The Hall–Kier alpha value is -2.95. The van der Waals surface area contributed by atoms with Crippen molar-refractivity contribution >= 4 is 38.5 Å². The van der Waals surface area contributed by atoms with E-state index in [9.17, 15) is 29.0 Å². The number of hydrogen-bond acceptors (Lipinski definition) is 6. The van der Waals surface area contributed by atoms with Gasteiger partial charge in [-0.05, 0) is 65.7 Å². The smallest absolute Gasteiger partial charge is 0.254 e. The summed E-state index contributed by atoms with van der Waals surface area (Å²) in [6, 6.07) is 2.54. The van der Waals surface area contributed by atoms with Crippen LogP contribution in [0.3, 0.4) is 0 Å². The maximum Gasteiger partial charge on any atom is 0.254 e. The number of hydrogen-bond donors (Lipinski definition) is 3. The van der Waals surface area contributed by atoms with E-state index < -0.39 is 29.5 Å². The first kappa shape index (κ1) is 24.4. The van der Waals surface area contributed by atoms with E-state index >= 15 is 0 Å². The number of aliphatic hydroxyl groups excluding tert-OH is 1. The summed E-state index contributed by atoms with van der Waals surface area (Å²) >= 11 is 3.37. The fraction of sp³-hybridized carbons (Fsp3) is 0.407. The average molecular weight is 570 g/mol. The predicted octanol–water partition coefficient (Wildman–Crippen LogP) is 2.92. The van der Waals surface area contributed by atoms with Crippen LogP contribution in [0.4, 0.5) is 4.39 Å². The van der Waals surface area contributed by atoms with Crippen LogP contribution in [0.2, 0.25) is 0 Å². The highest BCUT2D eigenvalue weighted by Gasteiger charge is 2.44. The number of nitrogens with one attached hydrogen (secondary N) is 1. The zero-order valence-corrected chi connectivity index (χ0v) is 21.9. The molecule has 0 bridgehead atoms. The lowest BCUT2D eigenvalue weighted by molar-refractivity contribution is -0.140. The van der Waals surface area contributed by atoms with Crippen LogP contribution in [0.5, 0.6) is 0 Å². The van der Waals surface area contributed by atoms with Gasteiger partial charge in [0.05, 0.1) is 34.0 Å². The lowest BCUT2D eigenvalue weighted by Crippen LogP contribution is -2.43. The van der Waals surface area contributed by atoms with Gasteiger partial charge in [0, 0.05) is 34.6 Å². The van der Waals surface area contributed by atoms with Gasteiger partial charge < -0.3 is 20.1 Å². The molecule has 6 rings (SSSR count). The number of amides is 1. The molecule has 1 aliphatic heterocycles. The number of aromatic nitrogens is 2. The predicted molar refractivity (Wildman–Crippen MR) is 137 cm³/mol. The molecule has 3 atom stereocenters. The number of halogens is 2. The van der Waals surface area contributed by atoms with Crippen molar-refractivity contribution in [1.29, 1.82) is 0 Å². The topological polar surface area (TPSA) is 122 Å². The summed E-state index contributed by atoms with van der Waals surface area (Å²) in [5.74, 6) is -1.30. The molecule has 3 N–H and O–H groups in total. The molecule has 0 radical (unpaired) electrons. The second-order valence-corrected chi connectivity index (χ2v) is 10.9. The molecule has 0 saturated carbocycles. The molecule has 3 aromatic rings. The van der Waals surface area contributed by atoms with E-state index in [1.807, 2.05) is 0 Å². The molecule has 2 aromatic heterocycles. The molecule has 1 amide bonds. The average Bonchev–Trinajstić information content (AvgIpc) is 3.24. The largest absolute Gasteiger partial charge is 0.384 e. The van der Waals surface area contributed by atoms with E-state index in [-0.39, 0.29) is 37.1 Å². The number of Topliss-reactive ketones (excluding diaryl/α,β-unsaturated/α-hetero) is 1. The number of rotatable bonds is 3. The number of nitrogens with zero attached hydrogens (tertiary/aromatic N) is 2. The lowest BCUT2D eigenvalue weighted by Gasteiger charge is -2.32. The molecular formula is C27H25BrFN3O5. The molecule has 37 heavy (non-hydrogen) atoms. The van der Waals surface area contributed by atoms with Crippen molar-refractivity contribution in [3.8, 4) is 11.4 Å². The molecule has 8 nitrogen and oxygen atoms in total. The fourth-order valence-electron chi connectivity index (χ4n) is 6.17. The number of ketones is 1. The van der Waals surface area contributed by atoms with Gasteiger partial charge in [-0.15, -0.1) is 0 Å². The fourth-order valence-corrected chi connectivity index (χ4v) is 6.69. The summed E-state index contributed by atoms with van der Waals surface area (Å²) in [4.78, 5) is 43.6. The molecule has 3 aliphatic rings. The Morgan fingerprint density at radius 2 is 2.03 bits per heavy atom. The third kappa shape index (κ3) is 3.31. The SMILES string of the molecule is CC[C@@]1(O)C(=O)CCc2c1cc1n(c2=O)Cc2c-1nc1cc(F)c(Br)c3c1c2[C@@H](NC(=O)[C@@H](C)O)CC3.